The average molecular weight is 267 g/mol. The first-order chi connectivity index (χ1) is 9.06. The minimum Gasteiger partial charge on any atom is -0.301 e. The van der Waals surface area contributed by atoms with Gasteiger partial charge < -0.3 is 9.80 Å². The van der Waals surface area contributed by atoms with E-state index in [0.717, 1.165) is 12.0 Å². The largest absolute Gasteiger partial charge is 0.301 e. The monoisotopic (exact) mass is 267 g/mol. The van der Waals surface area contributed by atoms with Gasteiger partial charge in [-0.2, -0.15) is 0 Å². The second-order valence-electron chi connectivity index (χ2n) is 7.03. The highest BCUT2D eigenvalue weighted by molar-refractivity contribution is 4.80. The summed E-state index contributed by atoms with van der Waals surface area (Å²) in [6.07, 6.45) is 2.84. The fourth-order valence-electron chi connectivity index (χ4n) is 3.54. The lowest BCUT2D eigenvalue weighted by molar-refractivity contribution is 0.0697. The van der Waals surface area contributed by atoms with E-state index in [0.29, 0.717) is 6.04 Å². The summed E-state index contributed by atoms with van der Waals surface area (Å²) >= 11 is 0. The Bertz CT molecular complexity index is 257. The molecule has 0 aromatic carbocycles. The summed E-state index contributed by atoms with van der Waals surface area (Å²) in [5, 5.41) is 0. The third kappa shape index (κ3) is 4.44. The molecule has 0 aromatic rings. The van der Waals surface area contributed by atoms with Crippen molar-refractivity contribution in [3.63, 3.8) is 0 Å². The van der Waals surface area contributed by atoms with E-state index in [4.69, 9.17) is 0 Å². The molecule has 0 amide bonds. The van der Waals surface area contributed by atoms with Crippen LogP contribution < -0.4 is 0 Å². The van der Waals surface area contributed by atoms with Gasteiger partial charge in [-0.25, -0.2) is 0 Å². The summed E-state index contributed by atoms with van der Waals surface area (Å²) in [7, 11) is 0. The maximum Gasteiger partial charge on any atom is 0.0113 e. The number of nitrogens with zero attached hydrogens (tertiary/aromatic N) is 3. The number of hydrogen-bond acceptors (Lipinski definition) is 3. The van der Waals surface area contributed by atoms with E-state index in [-0.39, 0.29) is 0 Å². The van der Waals surface area contributed by atoms with Gasteiger partial charge in [-0.15, -0.1) is 0 Å². The molecule has 0 unspecified atom stereocenters. The van der Waals surface area contributed by atoms with Gasteiger partial charge in [0.05, 0.1) is 0 Å². The fourth-order valence-corrected chi connectivity index (χ4v) is 3.54. The zero-order chi connectivity index (χ0) is 13.8. The summed E-state index contributed by atoms with van der Waals surface area (Å²) in [5.74, 6) is 0.904. The van der Waals surface area contributed by atoms with Crippen molar-refractivity contribution in [2.45, 2.75) is 52.6 Å². The first kappa shape index (κ1) is 15.3. The molecule has 2 rings (SSSR count). The van der Waals surface area contributed by atoms with Gasteiger partial charge in [0.2, 0.25) is 0 Å². The van der Waals surface area contributed by atoms with Gasteiger partial charge in [-0.1, -0.05) is 0 Å². The van der Waals surface area contributed by atoms with Gasteiger partial charge in [-0.05, 0) is 53.0 Å². The van der Waals surface area contributed by atoms with Crippen molar-refractivity contribution in [2.24, 2.45) is 5.92 Å². The van der Waals surface area contributed by atoms with E-state index in [1.807, 2.05) is 0 Å². The molecule has 0 saturated carbocycles. The third-order valence-corrected chi connectivity index (χ3v) is 4.93. The zero-order valence-corrected chi connectivity index (χ0v) is 13.4. The first-order valence-corrected chi connectivity index (χ1v) is 8.26. The van der Waals surface area contributed by atoms with Crippen LogP contribution >= 0.6 is 0 Å². The number of likely N-dealkylation sites (tertiary alicyclic amines) is 1. The molecule has 0 spiro atoms. The summed E-state index contributed by atoms with van der Waals surface area (Å²) in [5.41, 5.74) is 0. The number of rotatable bonds is 4. The molecule has 0 bridgehead atoms. The molecule has 3 heteroatoms. The fraction of sp³-hybridized carbons (Fsp3) is 1.00. The molecule has 2 saturated heterocycles. The summed E-state index contributed by atoms with van der Waals surface area (Å²) in [4.78, 5) is 7.98. The molecule has 2 fully saturated rings. The summed E-state index contributed by atoms with van der Waals surface area (Å²) in [6.45, 7) is 18.3. The quantitative estimate of drug-likeness (QED) is 0.772. The Morgan fingerprint density at radius 2 is 1.47 bits per heavy atom. The van der Waals surface area contributed by atoms with Crippen LogP contribution in [0.25, 0.3) is 0 Å². The number of hydrogen-bond donors (Lipinski definition) is 0. The molecule has 2 aliphatic heterocycles. The summed E-state index contributed by atoms with van der Waals surface area (Å²) in [6, 6.07) is 1.44. The van der Waals surface area contributed by atoms with Crippen molar-refractivity contribution in [2.75, 3.05) is 45.8 Å². The lowest BCUT2D eigenvalue weighted by Gasteiger charge is -2.41. The minimum absolute atomic E-state index is 0.716. The average Bonchev–Trinajstić information content (AvgIpc) is 2.39. The van der Waals surface area contributed by atoms with Crippen LogP contribution in [0.3, 0.4) is 0 Å². The molecule has 0 aliphatic carbocycles. The predicted molar refractivity (Wildman–Crippen MR) is 82.6 cm³/mol. The van der Waals surface area contributed by atoms with Gasteiger partial charge in [-0.3, -0.25) is 4.90 Å². The molecule has 0 aromatic heterocycles. The second-order valence-corrected chi connectivity index (χ2v) is 7.03. The van der Waals surface area contributed by atoms with Crippen LogP contribution in [0.4, 0.5) is 0 Å². The Kier molecular flexibility index (Phi) is 5.67. The molecular formula is C16H33N3. The van der Waals surface area contributed by atoms with Crippen LogP contribution in [0, 0.1) is 5.92 Å². The SMILES string of the molecule is CC(C)N1CCN(C[C@@H]2CCCN(C(C)C)C2)CC1. The minimum atomic E-state index is 0.716. The highest BCUT2D eigenvalue weighted by atomic mass is 15.3. The Morgan fingerprint density at radius 1 is 0.842 bits per heavy atom. The van der Waals surface area contributed by atoms with Crippen LogP contribution in [-0.4, -0.2) is 72.6 Å². The van der Waals surface area contributed by atoms with E-state index >= 15 is 0 Å². The second kappa shape index (κ2) is 7.05. The van der Waals surface area contributed by atoms with Crippen molar-refractivity contribution in [3.8, 4) is 0 Å². The van der Waals surface area contributed by atoms with Crippen LogP contribution in [0.2, 0.25) is 0 Å². The molecule has 3 nitrogen and oxygen atoms in total. The molecular weight excluding hydrogens is 234 g/mol. The standard InChI is InChI=1S/C16H33N3/c1-14(2)18-10-8-17(9-11-18)12-16-6-5-7-19(13-16)15(3)4/h14-16H,5-13H2,1-4H3/t16-/m0/s1. The zero-order valence-electron chi connectivity index (χ0n) is 13.4. The summed E-state index contributed by atoms with van der Waals surface area (Å²) < 4.78 is 0. The van der Waals surface area contributed by atoms with Gasteiger partial charge in [0, 0.05) is 51.4 Å². The van der Waals surface area contributed by atoms with Crippen LogP contribution in [0.5, 0.6) is 0 Å². The molecule has 2 aliphatic rings. The smallest absolute Gasteiger partial charge is 0.0113 e. The van der Waals surface area contributed by atoms with E-state index in [2.05, 4.69) is 42.4 Å². The van der Waals surface area contributed by atoms with Gasteiger partial charge in [0.15, 0.2) is 0 Å². The van der Waals surface area contributed by atoms with Gasteiger partial charge in [0.25, 0.3) is 0 Å². The third-order valence-electron chi connectivity index (χ3n) is 4.93. The molecule has 19 heavy (non-hydrogen) atoms. The van der Waals surface area contributed by atoms with Crippen LogP contribution in [0.1, 0.15) is 40.5 Å². The highest BCUT2D eigenvalue weighted by Gasteiger charge is 2.25. The lowest BCUT2D eigenvalue weighted by atomic mass is 9.96. The highest BCUT2D eigenvalue weighted by Crippen LogP contribution is 2.20. The van der Waals surface area contributed by atoms with Crippen molar-refractivity contribution < 1.29 is 0 Å². The molecule has 2 heterocycles. The van der Waals surface area contributed by atoms with Crippen LogP contribution in [0.15, 0.2) is 0 Å². The lowest BCUT2D eigenvalue weighted by Crippen LogP contribution is -2.51. The molecule has 0 N–H and O–H groups in total. The maximum atomic E-state index is 2.70. The van der Waals surface area contributed by atoms with Crippen molar-refractivity contribution in [1.29, 1.82) is 0 Å². The van der Waals surface area contributed by atoms with E-state index in [1.165, 1.54) is 58.7 Å². The molecule has 0 radical (unpaired) electrons. The van der Waals surface area contributed by atoms with Gasteiger partial charge in [0.1, 0.15) is 0 Å². The van der Waals surface area contributed by atoms with E-state index in [1.54, 1.807) is 0 Å². The van der Waals surface area contributed by atoms with Crippen LogP contribution in [-0.2, 0) is 0 Å². The molecule has 1 atom stereocenters. The van der Waals surface area contributed by atoms with Crippen molar-refractivity contribution in [1.82, 2.24) is 14.7 Å². The Morgan fingerprint density at radius 3 is 2.05 bits per heavy atom. The normalized spacial score (nSPS) is 28.4. The number of piperidine rings is 1. The van der Waals surface area contributed by atoms with E-state index < -0.39 is 0 Å². The van der Waals surface area contributed by atoms with Crippen molar-refractivity contribution in [3.05, 3.63) is 0 Å². The Balaban J connectivity index is 1.73. The predicted octanol–water partition coefficient (Wildman–Crippen LogP) is 2.13. The topological polar surface area (TPSA) is 9.72 Å². The Labute approximate surface area is 119 Å². The van der Waals surface area contributed by atoms with Gasteiger partial charge >= 0.3 is 0 Å². The first-order valence-electron chi connectivity index (χ1n) is 8.26. The Hall–Kier alpha value is -0.120. The number of piperazine rings is 1. The molecule has 112 valence electrons. The maximum absolute atomic E-state index is 2.70. The van der Waals surface area contributed by atoms with Crippen molar-refractivity contribution >= 4 is 0 Å². The van der Waals surface area contributed by atoms with E-state index in [9.17, 15) is 0 Å².